The number of nitrogens with zero attached hydrogens (tertiary/aromatic N) is 3. The molecular weight excluding hydrogens is 278 g/mol. The Kier molecular flexibility index (Phi) is 3.09. The highest BCUT2D eigenvalue weighted by Crippen LogP contribution is 2.27. The van der Waals surface area contributed by atoms with Gasteiger partial charge in [0.05, 0.1) is 0 Å². The summed E-state index contributed by atoms with van der Waals surface area (Å²) in [5.74, 6) is 1.12. The first kappa shape index (κ1) is 11.5. The van der Waals surface area contributed by atoms with E-state index in [1.807, 2.05) is 6.20 Å². The minimum absolute atomic E-state index is 0.568. The van der Waals surface area contributed by atoms with Gasteiger partial charge in [-0.05, 0) is 54.4 Å². The van der Waals surface area contributed by atoms with Gasteiger partial charge in [0.25, 0.3) is 0 Å². The summed E-state index contributed by atoms with van der Waals surface area (Å²) in [6.45, 7) is 5.91. The maximum Gasteiger partial charge on any atom is 0.128 e. The van der Waals surface area contributed by atoms with E-state index in [-0.39, 0.29) is 0 Å². The van der Waals surface area contributed by atoms with Crippen LogP contribution in [-0.4, -0.2) is 41.6 Å². The molecule has 0 saturated carbocycles. The van der Waals surface area contributed by atoms with E-state index in [4.69, 9.17) is 0 Å². The van der Waals surface area contributed by atoms with E-state index in [0.29, 0.717) is 6.04 Å². The summed E-state index contributed by atoms with van der Waals surface area (Å²) < 4.78 is 1.05. The van der Waals surface area contributed by atoms with Crippen LogP contribution in [0.25, 0.3) is 0 Å². The fourth-order valence-corrected chi connectivity index (χ4v) is 3.28. The lowest BCUT2D eigenvalue weighted by Gasteiger charge is -2.43. The van der Waals surface area contributed by atoms with Crippen molar-refractivity contribution in [2.75, 3.05) is 24.5 Å². The molecule has 2 fully saturated rings. The Hall–Kier alpha value is -0.610. The molecule has 0 radical (unpaired) electrons. The number of hydrogen-bond acceptors (Lipinski definition) is 3. The molecule has 0 aliphatic carbocycles. The second-order valence-electron chi connectivity index (χ2n) is 5.13. The van der Waals surface area contributed by atoms with Crippen molar-refractivity contribution < 1.29 is 0 Å². The molecule has 4 heteroatoms. The third-order valence-corrected chi connectivity index (χ3v) is 4.41. The Morgan fingerprint density at radius 1 is 1.35 bits per heavy atom. The predicted molar refractivity (Wildman–Crippen MR) is 73.3 cm³/mol. The third-order valence-electron chi connectivity index (χ3n) is 3.94. The molecule has 3 heterocycles. The van der Waals surface area contributed by atoms with Crippen LogP contribution >= 0.6 is 15.9 Å². The number of pyridine rings is 1. The van der Waals surface area contributed by atoms with Crippen molar-refractivity contribution >= 4 is 21.7 Å². The molecule has 2 aliphatic rings. The molecule has 92 valence electrons. The fourth-order valence-electron chi connectivity index (χ4n) is 3.04. The second-order valence-corrected chi connectivity index (χ2v) is 6.04. The molecule has 0 amide bonds. The van der Waals surface area contributed by atoms with Gasteiger partial charge in [-0.25, -0.2) is 4.98 Å². The monoisotopic (exact) mass is 295 g/mol. The first-order valence-electron chi connectivity index (χ1n) is 6.36. The molecule has 2 unspecified atom stereocenters. The lowest BCUT2D eigenvalue weighted by molar-refractivity contribution is 0.202. The topological polar surface area (TPSA) is 19.4 Å². The van der Waals surface area contributed by atoms with E-state index in [0.717, 1.165) is 22.9 Å². The van der Waals surface area contributed by atoms with Crippen molar-refractivity contribution in [2.24, 2.45) is 0 Å². The molecular formula is C13H18BrN3. The number of fused-ring (bicyclic) bond motifs is 1. The van der Waals surface area contributed by atoms with Crippen LogP contribution in [0.2, 0.25) is 0 Å². The van der Waals surface area contributed by atoms with E-state index in [1.54, 1.807) is 0 Å². The maximum absolute atomic E-state index is 4.53. The van der Waals surface area contributed by atoms with Crippen molar-refractivity contribution in [1.82, 2.24) is 9.88 Å². The molecule has 1 aromatic heterocycles. The number of hydrogen-bond donors (Lipinski definition) is 0. The molecule has 2 saturated heterocycles. The first-order valence-corrected chi connectivity index (χ1v) is 7.15. The lowest BCUT2D eigenvalue weighted by atomic mass is 10.1. The molecule has 3 nitrogen and oxygen atoms in total. The van der Waals surface area contributed by atoms with Crippen molar-refractivity contribution in [1.29, 1.82) is 0 Å². The number of halogens is 1. The van der Waals surface area contributed by atoms with Gasteiger partial charge in [-0.1, -0.05) is 0 Å². The zero-order valence-electron chi connectivity index (χ0n) is 10.1. The van der Waals surface area contributed by atoms with Gasteiger partial charge in [-0.15, -0.1) is 0 Å². The first-order chi connectivity index (χ1) is 8.24. The highest BCUT2D eigenvalue weighted by atomic mass is 79.9. The van der Waals surface area contributed by atoms with E-state index >= 15 is 0 Å². The molecule has 17 heavy (non-hydrogen) atoms. The average Bonchev–Trinajstić information content (AvgIpc) is 2.76. The summed E-state index contributed by atoms with van der Waals surface area (Å²) in [5, 5.41) is 0. The van der Waals surface area contributed by atoms with Gasteiger partial charge in [0.1, 0.15) is 5.82 Å². The summed E-state index contributed by atoms with van der Waals surface area (Å²) in [4.78, 5) is 9.62. The van der Waals surface area contributed by atoms with Gasteiger partial charge in [0.15, 0.2) is 0 Å². The smallest absolute Gasteiger partial charge is 0.128 e. The Morgan fingerprint density at radius 3 is 3.00 bits per heavy atom. The average molecular weight is 296 g/mol. The minimum atomic E-state index is 0.568. The highest BCUT2D eigenvalue weighted by molar-refractivity contribution is 9.10. The third kappa shape index (κ3) is 2.20. The second kappa shape index (κ2) is 4.58. The quantitative estimate of drug-likeness (QED) is 0.794. The van der Waals surface area contributed by atoms with Crippen LogP contribution in [0.4, 0.5) is 5.82 Å². The van der Waals surface area contributed by atoms with Crippen LogP contribution in [0, 0.1) is 0 Å². The van der Waals surface area contributed by atoms with Crippen molar-refractivity contribution in [3.8, 4) is 0 Å². The van der Waals surface area contributed by atoms with Gasteiger partial charge in [-0.2, -0.15) is 0 Å². The Labute approximate surface area is 111 Å². The number of aromatic nitrogens is 1. The SMILES string of the molecule is CC1CN2CCCC2CN1c1ccc(Br)cn1. The zero-order valence-corrected chi connectivity index (χ0v) is 11.7. The largest absolute Gasteiger partial charge is 0.351 e. The van der Waals surface area contributed by atoms with Crippen molar-refractivity contribution in [3.05, 3.63) is 22.8 Å². The fraction of sp³-hybridized carbons (Fsp3) is 0.615. The van der Waals surface area contributed by atoms with Crippen LogP contribution in [0.5, 0.6) is 0 Å². The van der Waals surface area contributed by atoms with Gasteiger partial charge in [0, 0.05) is 35.8 Å². The van der Waals surface area contributed by atoms with Crippen LogP contribution in [0.3, 0.4) is 0 Å². The summed E-state index contributed by atoms with van der Waals surface area (Å²) >= 11 is 3.44. The van der Waals surface area contributed by atoms with Crippen LogP contribution in [-0.2, 0) is 0 Å². The summed E-state index contributed by atoms with van der Waals surface area (Å²) in [6, 6.07) is 5.51. The van der Waals surface area contributed by atoms with Crippen molar-refractivity contribution in [3.63, 3.8) is 0 Å². The molecule has 3 rings (SSSR count). The van der Waals surface area contributed by atoms with E-state index in [1.165, 1.54) is 25.9 Å². The zero-order chi connectivity index (χ0) is 11.8. The molecule has 1 aromatic rings. The van der Waals surface area contributed by atoms with E-state index in [2.05, 4.69) is 49.8 Å². The Bertz CT molecular complexity index is 392. The molecule has 0 N–H and O–H groups in total. The predicted octanol–water partition coefficient (Wildman–Crippen LogP) is 2.52. The number of anilines is 1. The molecule has 2 aliphatic heterocycles. The van der Waals surface area contributed by atoms with E-state index in [9.17, 15) is 0 Å². The standard InChI is InChI=1S/C13H18BrN3/c1-10-8-16-6-2-3-12(16)9-17(10)13-5-4-11(14)7-15-13/h4-5,7,10,12H,2-3,6,8-9H2,1H3. The normalized spacial score (nSPS) is 29.4. The molecule has 0 bridgehead atoms. The van der Waals surface area contributed by atoms with Crippen LogP contribution in [0.1, 0.15) is 19.8 Å². The number of rotatable bonds is 1. The van der Waals surface area contributed by atoms with Crippen LogP contribution < -0.4 is 4.90 Å². The number of piperazine rings is 1. The minimum Gasteiger partial charge on any atom is -0.351 e. The Morgan fingerprint density at radius 2 is 2.24 bits per heavy atom. The molecule has 2 atom stereocenters. The highest BCUT2D eigenvalue weighted by Gasteiger charge is 2.34. The lowest BCUT2D eigenvalue weighted by Crippen LogP contribution is -2.55. The summed E-state index contributed by atoms with van der Waals surface area (Å²) in [5.41, 5.74) is 0. The van der Waals surface area contributed by atoms with Crippen LogP contribution in [0.15, 0.2) is 22.8 Å². The van der Waals surface area contributed by atoms with Gasteiger partial charge in [0.2, 0.25) is 0 Å². The Balaban J connectivity index is 1.80. The van der Waals surface area contributed by atoms with Gasteiger partial charge in [-0.3, -0.25) is 4.90 Å². The van der Waals surface area contributed by atoms with Gasteiger partial charge >= 0.3 is 0 Å². The summed E-state index contributed by atoms with van der Waals surface area (Å²) in [6.07, 6.45) is 4.60. The van der Waals surface area contributed by atoms with Crippen molar-refractivity contribution in [2.45, 2.75) is 31.8 Å². The van der Waals surface area contributed by atoms with Gasteiger partial charge < -0.3 is 4.90 Å². The van der Waals surface area contributed by atoms with E-state index < -0.39 is 0 Å². The molecule has 0 aromatic carbocycles. The molecule has 0 spiro atoms. The maximum atomic E-state index is 4.53. The summed E-state index contributed by atoms with van der Waals surface area (Å²) in [7, 11) is 0.